The number of hydrogen-bond acceptors (Lipinski definition) is 5. The number of ether oxygens (including phenoxy) is 3. The van der Waals surface area contributed by atoms with Gasteiger partial charge in [0.2, 0.25) is 0 Å². The van der Waals surface area contributed by atoms with E-state index in [0.29, 0.717) is 35.8 Å². The Balaban J connectivity index is 2.24. The van der Waals surface area contributed by atoms with E-state index in [1.54, 1.807) is 21.3 Å². The van der Waals surface area contributed by atoms with Crippen LogP contribution < -0.4 is 9.47 Å². The SMILES string of the molecule is COCCn1c(Cc2ccc(OC)c(OC)c2)n[nH]c1=S. The third-order valence-electron chi connectivity index (χ3n) is 3.17. The number of hydrogen-bond donors (Lipinski definition) is 1. The van der Waals surface area contributed by atoms with Crippen LogP contribution in [0.3, 0.4) is 0 Å². The summed E-state index contributed by atoms with van der Waals surface area (Å²) >= 11 is 5.24. The zero-order valence-corrected chi connectivity index (χ0v) is 13.2. The summed E-state index contributed by atoms with van der Waals surface area (Å²) in [7, 11) is 4.90. The van der Waals surface area contributed by atoms with Crippen molar-refractivity contribution in [1.82, 2.24) is 14.8 Å². The minimum atomic E-state index is 0.590. The Morgan fingerprint density at radius 2 is 1.95 bits per heavy atom. The molecule has 0 atom stereocenters. The molecule has 2 aromatic rings. The van der Waals surface area contributed by atoms with E-state index in [1.165, 1.54) is 0 Å². The molecule has 0 spiro atoms. The van der Waals surface area contributed by atoms with Crippen LogP contribution in [-0.4, -0.2) is 42.7 Å². The molecule has 1 N–H and O–H groups in total. The largest absolute Gasteiger partial charge is 0.493 e. The maximum atomic E-state index is 5.31. The van der Waals surface area contributed by atoms with Gasteiger partial charge in [0.15, 0.2) is 16.3 Å². The first-order valence-corrected chi connectivity index (χ1v) is 6.94. The predicted octanol–water partition coefficient (Wildman–Crippen LogP) is 2.20. The minimum Gasteiger partial charge on any atom is -0.493 e. The van der Waals surface area contributed by atoms with E-state index in [1.807, 2.05) is 22.8 Å². The molecule has 1 aromatic heterocycles. The molecule has 6 nitrogen and oxygen atoms in total. The van der Waals surface area contributed by atoms with Gasteiger partial charge in [0, 0.05) is 20.1 Å². The minimum absolute atomic E-state index is 0.590. The highest BCUT2D eigenvalue weighted by molar-refractivity contribution is 7.71. The van der Waals surface area contributed by atoms with Gasteiger partial charge in [-0.3, -0.25) is 5.10 Å². The maximum Gasteiger partial charge on any atom is 0.195 e. The summed E-state index contributed by atoms with van der Waals surface area (Å²) < 4.78 is 18.2. The lowest BCUT2D eigenvalue weighted by Crippen LogP contribution is -2.09. The van der Waals surface area contributed by atoms with Crippen molar-refractivity contribution in [2.45, 2.75) is 13.0 Å². The van der Waals surface area contributed by atoms with Crippen LogP contribution in [0, 0.1) is 4.77 Å². The first-order chi connectivity index (χ1) is 10.2. The third-order valence-corrected chi connectivity index (χ3v) is 3.48. The molecule has 0 aliphatic heterocycles. The highest BCUT2D eigenvalue weighted by atomic mass is 32.1. The van der Waals surface area contributed by atoms with Crippen molar-refractivity contribution in [2.75, 3.05) is 27.9 Å². The van der Waals surface area contributed by atoms with Crippen LogP contribution in [0.15, 0.2) is 18.2 Å². The van der Waals surface area contributed by atoms with Gasteiger partial charge in [0.05, 0.1) is 20.8 Å². The summed E-state index contributed by atoms with van der Waals surface area (Å²) in [5.41, 5.74) is 1.07. The number of H-pyrrole nitrogens is 1. The van der Waals surface area contributed by atoms with Crippen molar-refractivity contribution < 1.29 is 14.2 Å². The Morgan fingerprint density at radius 3 is 2.62 bits per heavy atom. The Kier molecular flexibility index (Phi) is 5.35. The lowest BCUT2D eigenvalue weighted by molar-refractivity contribution is 0.186. The Bertz CT molecular complexity index is 651. The quantitative estimate of drug-likeness (QED) is 0.795. The van der Waals surface area contributed by atoms with E-state index in [-0.39, 0.29) is 0 Å². The van der Waals surface area contributed by atoms with Crippen LogP contribution in [0.4, 0.5) is 0 Å². The van der Waals surface area contributed by atoms with Gasteiger partial charge in [-0.1, -0.05) is 6.07 Å². The van der Waals surface area contributed by atoms with Crippen molar-refractivity contribution in [2.24, 2.45) is 0 Å². The zero-order valence-electron chi connectivity index (χ0n) is 12.4. The van der Waals surface area contributed by atoms with Gasteiger partial charge < -0.3 is 18.8 Å². The Labute approximate surface area is 128 Å². The smallest absolute Gasteiger partial charge is 0.195 e. The van der Waals surface area contributed by atoms with Crippen molar-refractivity contribution in [3.8, 4) is 11.5 Å². The van der Waals surface area contributed by atoms with Crippen molar-refractivity contribution in [1.29, 1.82) is 0 Å². The molecule has 114 valence electrons. The summed E-state index contributed by atoms with van der Waals surface area (Å²) in [6.45, 7) is 1.27. The number of rotatable bonds is 7. The first-order valence-electron chi connectivity index (χ1n) is 6.53. The van der Waals surface area contributed by atoms with Crippen LogP contribution in [-0.2, 0) is 17.7 Å². The molecular weight excluding hydrogens is 290 g/mol. The molecule has 7 heteroatoms. The second-order valence-corrected chi connectivity index (χ2v) is 4.84. The van der Waals surface area contributed by atoms with Gasteiger partial charge in [0.1, 0.15) is 5.82 Å². The van der Waals surface area contributed by atoms with E-state index < -0.39 is 0 Å². The van der Waals surface area contributed by atoms with Crippen LogP contribution in [0.2, 0.25) is 0 Å². The van der Waals surface area contributed by atoms with Crippen LogP contribution >= 0.6 is 12.2 Å². The molecule has 2 rings (SSSR count). The fourth-order valence-electron chi connectivity index (χ4n) is 2.07. The summed E-state index contributed by atoms with van der Waals surface area (Å²) in [6.07, 6.45) is 0.650. The fraction of sp³-hybridized carbons (Fsp3) is 0.429. The molecule has 0 unspecified atom stereocenters. The number of aromatic nitrogens is 3. The van der Waals surface area contributed by atoms with Crippen molar-refractivity contribution in [3.63, 3.8) is 0 Å². The lowest BCUT2D eigenvalue weighted by Gasteiger charge is -2.10. The van der Waals surface area contributed by atoms with Crippen molar-refractivity contribution in [3.05, 3.63) is 34.4 Å². The number of aromatic amines is 1. The molecule has 0 aliphatic carbocycles. The van der Waals surface area contributed by atoms with E-state index in [0.717, 1.165) is 11.4 Å². The molecule has 21 heavy (non-hydrogen) atoms. The summed E-state index contributed by atoms with van der Waals surface area (Å²) in [6, 6.07) is 5.81. The average Bonchev–Trinajstić information content (AvgIpc) is 2.85. The van der Waals surface area contributed by atoms with Gasteiger partial charge in [-0.2, -0.15) is 5.10 Å². The lowest BCUT2D eigenvalue weighted by atomic mass is 10.1. The zero-order chi connectivity index (χ0) is 15.2. The molecule has 1 heterocycles. The van der Waals surface area contributed by atoms with Gasteiger partial charge in [-0.15, -0.1) is 0 Å². The molecule has 0 saturated heterocycles. The number of nitrogens with one attached hydrogen (secondary N) is 1. The van der Waals surface area contributed by atoms with Gasteiger partial charge in [0.25, 0.3) is 0 Å². The molecule has 0 amide bonds. The van der Waals surface area contributed by atoms with Gasteiger partial charge in [-0.25, -0.2) is 0 Å². The monoisotopic (exact) mass is 309 g/mol. The summed E-state index contributed by atoms with van der Waals surface area (Å²) in [5, 5.41) is 7.10. The van der Waals surface area contributed by atoms with E-state index >= 15 is 0 Å². The molecule has 0 radical (unpaired) electrons. The number of benzene rings is 1. The van der Waals surface area contributed by atoms with Crippen LogP contribution in [0.5, 0.6) is 11.5 Å². The highest BCUT2D eigenvalue weighted by Crippen LogP contribution is 2.28. The highest BCUT2D eigenvalue weighted by Gasteiger charge is 2.10. The molecule has 0 aliphatic rings. The fourth-order valence-corrected chi connectivity index (χ4v) is 2.31. The Morgan fingerprint density at radius 1 is 1.19 bits per heavy atom. The normalized spacial score (nSPS) is 10.6. The van der Waals surface area contributed by atoms with Gasteiger partial charge >= 0.3 is 0 Å². The third kappa shape index (κ3) is 3.62. The van der Waals surface area contributed by atoms with E-state index in [4.69, 9.17) is 26.4 Å². The topological polar surface area (TPSA) is 61.3 Å². The second kappa shape index (κ2) is 7.24. The van der Waals surface area contributed by atoms with E-state index in [9.17, 15) is 0 Å². The van der Waals surface area contributed by atoms with Gasteiger partial charge in [-0.05, 0) is 29.9 Å². The summed E-state index contributed by atoms with van der Waals surface area (Å²) in [4.78, 5) is 0. The number of nitrogens with zero attached hydrogens (tertiary/aromatic N) is 2. The maximum absolute atomic E-state index is 5.31. The molecule has 1 aromatic carbocycles. The average molecular weight is 309 g/mol. The van der Waals surface area contributed by atoms with Crippen LogP contribution in [0.25, 0.3) is 0 Å². The molecule has 0 fully saturated rings. The van der Waals surface area contributed by atoms with Crippen molar-refractivity contribution >= 4 is 12.2 Å². The van der Waals surface area contributed by atoms with Crippen LogP contribution in [0.1, 0.15) is 11.4 Å². The first kappa shape index (κ1) is 15.5. The molecular formula is C14H19N3O3S. The Hall–Kier alpha value is -1.86. The number of methoxy groups -OCH3 is 3. The summed E-state index contributed by atoms with van der Waals surface area (Å²) in [5.74, 6) is 2.27. The molecule has 0 saturated carbocycles. The molecule has 0 bridgehead atoms. The predicted molar refractivity (Wildman–Crippen MR) is 81.6 cm³/mol. The van der Waals surface area contributed by atoms with E-state index in [2.05, 4.69) is 10.2 Å². The standard InChI is InChI=1S/C14H19N3O3S/c1-18-7-6-17-13(15-16-14(17)21)9-10-4-5-11(19-2)12(8-10)20-3/h4-5,8H,6-7,9H2,1-3H3,(H,16,21). The second-order valence-electron chi connectivity index (χ2n) is 4.46.